The molecular weight excluding hydrogens is 538 g/mol. The van der Waals surface area contributed by atoms with Gasteiger partial charge in [-0.25, -0.2) is 10.0 Å². The van der Waals surface area contributed by atoms with Crippen LogP contribution >= 0.6 is 0 Å². The van der Waals surface area contributed by atoms with Crippen molar-refractivity contribution in [1.82, 2.24) is 10.4 Å². The summed E-state index contributed by atoms with van der Waals surface area (Å²) in [6.45, 7) is 0.492. The van der Waals surface area contributed by atoms with Crippen LogP contribution in [-0.2, 0) is 22.5 Å². The first-order valence-electron chi connectivity index (χ1n) is 13.2. The lowest BCUT2D eigenvalue weighted by Gasteiger charge is -2.32. The number of hydrogen-bond donors (Lipinski definition) is 2. The predicted molar refractivity (Wildman–Crippen MR) is 157 cm³/mol. The van der Waals surface area contributed by atoms with Gasteiger partial charge < -0.3 is 14.6 Å². The molecule has 3 aromatic rings. The molecule has 0 spiro atoms. The maximum absolute atomic E-state index is 14.2. The van der Waals surface area contributed by atoms with Crippen LogP contribution in [0.3, 0.4) is 0 Å². The molecule has 0 unspecified atom stereocenters. The standard InChI is InChI=1S/C29H31N9O4/c1-38(2)35-28(40)29(18-21-8-3-4-9-22(21)19-32-36-30)26(24-10-5-6-11-25(24)34-37-31)42-27(33-29)20-12-14-23(15-13-20)41-17-7-16-39/h3-6,8-15,26,39H,7,16-19H2,1-2H3,(H,35,40)/t26-,29-/m0/s1. The van der Waals surface area contributed by atoms with E-state index in [0.29, 0.717) is 35.6 Å². The van der Waals surface area contributed by atoms with Crippen LogP contribution in [0.4, 0.5) is 5.69 Å². The minimum atomic E-state index is -1.55. The van der Waals surface area contributed by atoms with Crippen molar-refractivity contribution in [3.8, 4) is 5.75 Å². The number of carbonyl (C=O) groups is 1. The van der Waals surface area contributed by atoms with E-state index in [1.165, 1.54) is 5.01 Å². The van der Waals surface area contributed by atoms with Crippen molar-refractivity contribution >= 4 is 17.5 Å². The average molecular weight is 570 g/mol. The summed E-state index contributed by atoms with van der Waals surface area (Å²) < 4.78 is 12.2. The van der Waals surface area contributed by atoms with Gasteiger partial charge in [-0.05, 0) is 46.5 Å². The Morgan fingerprint density at radius 3 is 2.48 bits per heavy atom. The van der Waals surface area contributed by atoms with Gasteiger partial charge in [0.2, 0.25) is 5.90 Å². The van der Waals surface area contributed by atoms with Gasteiger partial charge in [-0.2, -0.15) is 0 Å². The zero-order chi connectivity index (χ0) is 30.0. The van der Waals surface area contributed by atoms with Gasteiger partial charge in [-0.15, -0.1) is 0 Å². The van der Waals surface area contributed by atoms with Gasteiger partial charge in [0.25, 0.3) is 5.91 Å². The highest BCUT2D eigenvalue weighted by molar-refractivity contribution is 6.01. The van der Waals surface area contributed by atoms with E-state index < -0.39 is 17.6 Å². The lowest BCUT2D eigenvalue weighted by atomic mass is 9.80. The molecule has 2 N–H and O–H groups in total. The van der Waals surface area contributed by atoms with Crippen LogP contribution in [0.2, 0.25) is 0 Å². The molecule has 1 amide bonds. The lowest BCUT2D eigenvalue weighted by Crippen LogP contribution is -2.53. The third-order valence-corrected chi connectivity index (χ3v) is 6.61. The number of hydrogen-bond acceptors (Lipinski definition) is 8. The van der Waals surface area contributed by atoms with Crippen LogP contribution in [0.25, 0.3) is 20.9 Å². The fourth-order valence-corrected chi connectivity index (χ4v) is 4.69. The van der Waals surface area contributed by atoms with E-state index in [2.05, 4.69) is 25.5 Å². The van der Waals surface area contributed by atoms with Gasteiger partial charge in [0.05, 0.1) is 13.2 Å². The summed E-state index contributed by atoms with van der Waals surface area (Å²) in [7, 11) is 3.39. The molecule has 0 bridgehead atoms. The number of aliphatic hydroxyl groups is 1. The average Bonchev–Trinajstić information content (AvgIpc) is 3.37. The summed E-state index contributed by atoms with van der Waals surface area (Å²) in [5, 5.41) is 18.1. The molecule has 3 aromatic carbocycles. The molecule has 1 heterocycles. The first kappa shape index (κ1) is 29.9. The Morgan fingerprint density at radius 1 is 1.07 bits per heavy atom. The van der Waals surface area contributed by atoms with Crippen LogP contribution in [0.1, 0.15) is 34.8 Å². The van der Waals surface area contributed by atoms with Gasteiger partial charge >= 0.3 is 0 Å². The van der Waals surface area contributed by atoms with Gasteiger partial charge in [-0.1, -0.05) is 58.8 Å². The molecule has 0 aliphatic carbocycles. The molecule has 13 nitrogen and oxygen atoms in total. The fourth-order valence-electron chi connectivity index (χ4n) is 4.69. The maximum atomic E-state index is 14.2. The molecule has 0 fully saturated rings. The summed E-state index contributed by atoms with van der Waals surface area (Å²) in [4.78, 5) is 25.0. The number of hydrazine groups is 1. The van der Waals surface area contributed by atoms with E-state index in [0.717, 1.165) is 11.1 Å². The second-order valence-corrected chi connectivity index (χ2v) is 9.71. The maximum Gasteiger partial charge on any atom is 0.266 e. The van der Waals surface area contributed by atoms with Crippen molar-refractivity contribution in [2.45, 2.75) is 31.0 Å². The largest absolute Gasteiger partial charge is 0.494 e. The van der Waals surface area contributed by atoms with Crippen molar-refractivity contribution < 1.29 is 19.4 Å². The molecule has 0 aromatic heterocycles. The predicted octanol–water partition coefficient (Wildman–Crippen LogP) is 5.29. The Kier molecular flexibility index (Phi) is 9.99. The first-order valence-corrected chi connectivity index (χ1v) is 13.2. The number of aliphatic imine (C=N–C) groups is 1. The van der Waals surface area contributed by atoms with Crippen LogP contribution in [0.15, 0.2) is 88.0 Å². The number of benzene rings is 3. The van der Waals surface area contributed by atoms with Gasteiger partial charge in [-0.3, -0.25) is 10.2 Å². The SMILES string of the molecule is CN(C)NC(=O)[C@@]1(Cc2ccccc2CN=[N+]=[N-])N=C(c2ccc(OCCCO)cc2)O[C@H]1c1ccccc1N=[N+]=[N-]. The minimum absolute atomic E-state index is 0.0323. The quantitative estimate of drug-likeness (QED) is 0.0930. The van der Waals surface area contributed by atoms with Crippen LogP contribution in [0, 0.1) is 0 Å². The molecule has 1 aliphatic rings. The molecular formula is C29H31N9O4. The highest BCUT2D eigenvalue weighted by Crippen LogP contribution is 2.45. The van der Waals surface area contributed by atoms with Crippen molar-refractivity contribution in [3.05, 3.63) is 116 Å². The Labute approximate surface area is 242 Å². The van der Waals surface area contributed by atoms with Crippen LogP contribution in [0.5, 0.6) is 5.75 Å². The number of carbonyl (C=O) groups excluding carboxylic acids is 1. The second kappa shape index (κ2) is 14.0. The van der Waals surface area contributed by atoms with Gasteiger partial charge in [0, 0.05) is 60.2 Å². The molecule has 0 radical (unpaired) electrons. The van der Waals surface area contributed by atoms with E-state index in [4.69, 9.17) is 25.1 Å². The van der Waals surface area contributed by atoms with Crippen molar-refractivity contribution in [1.29, 1.82) is 0 Å². The topological polar surface area (TPSA) is 181 Å². The number of nitrogens with zero attached hydrogens (tertiary/aromatic N) is 8. The number of nitrogens with one attached hydrogen (secondary N) is 1. The van der Waals surface area contributed by atoms with Crippen LogP contribution in [-0.4, -0.2) is 54.8 Å². The van der Waals surface area contributed by atoms with Crippen molar-refractivity contribution in [2.75, 3.05) is 27.3 Å². The molecule has 42 heavy (non-hydrogen) atoms. The van der Waals surface area contributed by atoms with Crippen molar-refractivity contribution in [3.63, 3.8) is 0 Å². The molecule has 0 saturated carbocycles. The number of azide groups is 2. The third kappa shape index (κ3) is 6.80. The van der Waals surface area contributed by atoms with Gasteiger partial charge in [0.1, 0.15) is 5.75 Å². The second-order valence-electron chi connectivity index (χ2n) is 9.71. The molecule has 4 rings (SSSR count). The summed E-state index contributed by atoms with van der Waals surface area (Å²) in [6, 6.07) is 21.3. The van der Waals surface area contributed by atoms with E-state index in [-0.39, 0.29) is 25.5 Å². The molecule has 2 atom stereocenters. The van der Waals surface area contributed by atoms with Crippen LogP contribution < -0.4 is 10.2 Å². The smallest absolute Gasteiger partial charge is 0.266 e. The number of amides is 1. The Balaban J connectivity index is 1.88. The summed E-state index contributed by atoms with van der Waals surface area (Å²) in [6.07, 6.45) is -0.387. The number of rotatable bonds is 13. The van der Waals surface area contributed by atoms with E-state index >= 15 is 0 Å². The highest BCUT2D eigenvalue weighted by atomic mass is 16.5. The normalized spacial score (nSPS) is 17.4. The Morgan fingerprint density at radius 2 is 1.79 bits per heavy atom. The van der Waals surface area contributed by atoms with Gasteiger partial charge in [0.15, 0.2) is 11.6 Å². The number of ether oxygens (including phenoxy) is 2. The third-order valence-electron chi connectivity index (χ3n) is 6.61. The number of aliphatic hydroxyl groups excluding tert-OH is 1. The Hall–Kier alpha value is -5.06. The van der Waals surface area contributed by atoms with E-state index in [9.17, 15) is 10.3 Å². The van der Waals surface area contributed by atoms with E-state index in [1.54, 1.807) is 62.6 Å². The fraction of sp³-hybridized carbons (Fsp3) is 0.310. The zero-order valence-corrected chi connectivity index (χ0v) is 23.3. The monoisotopic (exact) mass is 569 g/mol. The lowest BCUT2D eigenvalue weighted by molar-refractivity contribution is -0.132. The summed E-state index contributed by atoms with van der Waals surface area (Å²) in [5.41, 5.74) is 22.4. The van der Waals surface area contributed by atoms with E-state index in [1.807, 2.05) is 24.3 Å². The van der Waals surface area contributed by atoms with Crippen molar-refractivity contribution in [2.24, 2.45) is 15.2 Å². The Bertz CT molecular complexity index is 1530. The highest BCUT2D eigenvalue weighted by Gasteiger charge is 2.54. The summed E-state index contributed by atoms with van der Waals surface area (Å²) in [5.74, 6) is 0.393. The molecule has 13 heteroatoms. The molecule has 216 valence electrons. The minimum Gasteiger partial charge on any atom is -0.494 e. The summed E-state index contributed by atoms with van der Waals surface area (Å²) >= 11 is 0. The first-order chi connectivity index (χ1) is 20.4. The molecule has 1 aliphatic heterocycles. The zero-order valence-electron chi connectivity index (χ0n) is 23.3. The molecule has 0 saturated heterocycles.